The van der Waals surface area contributed by atoms with Crippen molar-refractivity contribution < 1.29 is 9.84 Å². The van der Waals surface area contributed by atoms with Gasteiger partial charge in [-0.3, -0.25) is 14.3 Å². The Labute approximate surface area is 177 Å². The number of nitrogens with zero attached hydrogens (tertiary/aromatic N) is 2. The van der Waals surface area contributed by atoms with E-state index in [0.29, 0.717) is 18.8 Å². The fourth-order valence-corrected chi connectivity index (χ4v) is 3.34. The van der Waals surface area contributed by atoms with E-state index in [-0.39, 0.29) is 36.5 Å². The third-order valence-corrected chi connectivity index (χ3v) is 4.62. The Bertz CT molecular complexity index is 949. The molecule has 0 amide bonds. The molecule has 2 aromatic rings. The van der Waals surface area contributed by atoms with Crippen LogP contribution in [0.4, 0.5) is 11.5 Å². The van der Waals surface area contributed by atoms with Crippen LogP contribution in [0.15, 0.2) is 33.9 Å². The third-order valence-electron chi connectivity index (χ3n) is 4.62. The van der Waals surface area contributed by atoms with Gasteiger partial charge in [0.2, 0.25) is 0 Å². The van der Waals surface area contributed by atoms with Crippen LogP contribution in [-0.2, 0) is 6.54 Å². The first kappa shape index (κ1) is 23.5. The van der Waals surface area contributed by atoms with E-state index < -0.39 is 17.4 Å². The van der Waals surface area contributed by atoms with Crippen molar-refractivity contribution >= 4 is 11.5 Å². The molecule has 0 bridgehead atoms. The fourth-order valence-electron chi connectivity index (χ4n) is 3.34. The number of para-hydroxylation sites is 1. The number of aromatic amines is 1. The predicted molar refractivity (Wildman–Crippen MR) is 120 cm³/mol. The van der Waals surface area contributed by atoms with Crippen molar-refractivity contribution in [3.8, 4) is 5.75 Å². The van der Waals surface area contributed by atoms with Crippen LogP contribution in [0, 0.1) is 18.8 Å². The normalized spacial score (nSPS) is 12.4. The van der Waals surface area contributed by atoms with Crippen LogP contribution in [0.1, 0.15) is 33.3 Å². The Balaban J connectivity index is 2.28. The van der Waals surface area contributed by atoms with Crippen molar-refractivity contribution in [2.45, 2.75) is 47.3 Å². The molecular formula is C22H34N4O4. The van der Waals surface area contributed by atoms with Crippen LogP contribution in [0.3, 0.4) is 0 Å². The highest BCUT2D eigenvalue weighted by atomic mass is 16.5. The van der Waals surface area contributed by atoms with Gasteiger partial charge in [0, 0.05) is 19.6 Å². The van der Waals surface area contributed by atoms with Gasteiger partial charge in [-0.25, -0.2) is 4.79 Å². The summed E-state index contributed by atoms with van der Waals surface area (Å²) in [7, 11) is 0. The second-order valence-electron chi connectivity index (χ2n) is 8.53. The van der Waals surface area contributed by atoms with E-state index in [1.807, 2.05) is 58.9 Å². The fraction of sp³-hybridized carbons (Fsp3) is 0.545. The van der Waals surface area contributed by atoms with E-state index >= 15 is 0 Å². The quantitative estimate of drug-likeness (QED) is 0.544. The maximum atomic E-state index is 12.6. The Kier molecular flexibility index (Phi) is 8.11. The average Bonchev–Trinajstić information content (AvgIpc) is 2.63. The molecule has 1 atom stereocenters. The van der Waals surface area contributed by atoms with Crippen molar-refractivity contribution in [3.63, 3.8) is 0 Å². The molecule has 0 radical (unpaired) electrons. The lowest BCUT2D eigenvalue weighted by molar-refractivity contribution is 0.111. The molecule has 1 heterocycles. The summed E-state index contributed by atoms with van der Waals surface area (Å²) in [6.07, 6.45) is -0.854. The molecule has 1 aromatic heterocycles. The number of nitrogen functional groups attached to an aromatic ring is 1. The number of H-pyrrole nitrogens is 1. The SMILES string of the molecule is Cc1ccccc1OCC(O)CN(CC(C)C)c1c(N)n(CC(C)C)c(=O)[nH]c1=O. The zero-order chi connectivity index (χ0) is 22.4. The summed E-state index contributed by atoms with van der Waals surface area (Å²) in [5, 5.41) is 10.6. The number of aliphatic hydroxyl groups is 1. The second-order valence-corrected chi connectivity index (χ2v) is 8.53. The van der Waals surface area contributed by atoms with Crippen molar-refractivity contribution in [1.29, 1.82) is 0 Å². The minimum atomic E-state index is -0.854. The Morgan fingerprint density at radius 1 is 1.13 bits per heavy atom. The van der Waals surface area contributed by atoms with Gasteiger partial charge in [0.05, 0.1) is 0 Å². The van der Waals surface area contributed by atoms with Gasteiger partial charge in [-0.15, -0.1) is 0 Å². The van der Waals surface area contributed by atoms with Gasteiger partial charge in [0.15, 0.2) is 0 Å². The standard InChI is InChI=1S/C22H34N4O4/c1-14(2)10-25(12-17(27)13-30-18-9-7-6-8-16(18)5)19-20(23)26(11-15(3)4)22(29)24-21(19)28/h6-9,14-15,17,27H,10-13,23H2,1-5H3,(H,24,28,29). The topological polar surface area (TPSA) is 114 Å². The monoisotopic (exact) mass is 418 g/mol. The van der Waals surface area contributed by atoms with Gasteiger partial charge in [0.1, 0.15) is 30.0 Å². The van der Waals surface area contributed by atoms with E-state index in [2.05, 4.69) is 4.98 Å². The van der Waals surface area contributed by atoms with Gasteiger partial charge in [-0.05, 0) is 30.4 Å². The summed E-state index contributed by atoms with van der Waals surface area (Å²) in [6, 6.07) is 7.57. The molecule has 0 spiro atoms. The molecule has 8 nitrogen and oxygen atoms in total. The molecule has 0 saturated carbocycles. The number of aliphatic hydroxyl groups excluding tert-OH is 1. The zero-order valence-electron chi connectivity index (χ0n) is 18.5. The molecule has 0 aliphatic carbocycles. The molecular weight excluding hydrogens is 384 g/mol. The van der Waals surface area contributed by atoms with Crippen LogP contribution in [0.25, 0.3) is 0 Å². The maximum absolute atomic E-state index is 12.6. The molecule has 0 fully saturated rings. The molecule has 1 unspecified atom stereocenters. The number of anilines is 2. The van der Waals surface area contributed by atoms with Crippen LogP contribution in [-0.4, -0.2) is 40.5 Å². The second kappa shape index (κ2) is 10.3. The first-order valence-corrected chi connectivity index (χ1v) is 10.3. The number of ether oxygens (including phenoxy) is 1. The molecule has 166 valence electrons. The highest BCUT2D eigenvalue weighted by molar-refractivity contribution is 5.62. The van der Waals surface area contributed by atoms with Gasteiger partial charge in [0.25, 0.3) is 5.56 Å². The van der Waals surface area contributed by atoms with Crippen molar-refractivity contribution in [1.82, 2.24) is 9.55 Å². The lowest BCUT2D eigenvalue weighted by Crippen LogP contribution is -2.44. The Hall–Kier alpha value is -2.74. The Morgan fingerprint density at radius 2 is 1.80 bits per heavy atom. The highest BCUT2D eigenvalue weighted by Crippen LogP contribution is 2.20. The number of aromatic nitrogens is 2. The highest BCUT2D eigenvalue weighted by Gasteiger charge is 2.22. The first-order chi connectivity index (χ1) is 14.1. The van der Waals surface area contributed by atoms with Gasteiger partial charge >= 0.3 is 5.69 Å². The van der Waals surface area contributed by atoms with Crippen LogP contribution < -0.4 is 26.6 Å². The van der Waals surface area contributed by atoms with Gasteiger partial charge in [-0.2, -0.15) is 0 Å². The number of hydrogen-bond acceptors (Lipinski definition) is 6. The Morgan fingerprint density at radius 3 is 2.40 bits per heavy atom. The number of benzene rings is 1. The lowest BCUT2D eigenvalue weighted by atomic mass is 10.1. The smallest absolute Gasteiger partial charge is 0.330 e. The van der Waals surface area contributed by atoms with Gasteiger partial charge in [-0.1, -0.05) is 45.9 Å². The molecule has 8 heteroatoms. The number of nitrogens with one attached hydrogen (secondary N) is 1. The molecule has 4 N–H and O–H groups in total. The zero-order valence-corrected chi connectivity index (χ0v) is 18.5. The van der Waals surface area contributed by atoms with Crippen LogP contribution in [0.2, 0.25) is 0 Å². The molecule has 1 aromatic carbocycles. The van der Waals surface area contributed by atoms with Crippen molar-refractivity contribution in [3.05, 3.63) is 50.7 Å². The lowest BCUT2D eigenvalue weighted by Gasteiger charge is -2.30. The molecule has 0 saturated heterocycles. The molecule has 30 heavy (non-hydrogen) atoms. The summed E-state index contributed by atoms with van der Waals surface area (Å²) in [5.41, 5.74) is 6.37. The largest absolute Gasteiger partial charge is 0.491 e. The molecule has 2 rings (SSSR count). The first-order valence-electron chi connectivity index (χ1n) is 10.3. The van der Waals surface area contributed by atoms with E-state index in [0.717, 1.165) is 5.56 Å². The van der Waals surface area contributed by atoms with Crippen LogP contribution in [0.5, 0.6) is 5.75 Å². The van der Waals surface area contributed by atoms with Gasteiger partial charge < -0.3 is 20.5 Å². The summed E-state index contributed by atoms with van der Waals surface area (Å²) < 4.78 is 7.13. The number of hydrogen-bond donors (Lipinski definition) is 3. The van der Waals surface area contributed by atoms with E-state index in [4.69, 9.17) is 10.5 Å². The molecule has 0 aliphatic heterocycles. The van der Waals surface area contributed by atoms with E-state index in [9.17, 15) is 14.7 Å². The summed E-state index contributed by atoms with van der Waals surface area (Å²) >= 11 is 0. The number of nitrogens with two attached hydrogens (primary N) is 1. The van der Waals surface area contributed by atoms with Crippen molar-refractivity contribution in [2.75, 3.05) is 30.3 Å². The third kappa shape index (κ3) is 6.13. The number of rotatable bonds is 10. The van der Waals surface area contributed by atoms with E-state index in [1.54, 1.807) is 4.90 Å². The summed E-state index contributed by atoms with van der Waals surface area (Å²) in [5.74, 6) is 1.20. The number of aryl methyl sites for hydroxylation is 1. The molecule has 0 aliphatic rings. The average molecular weight is 419 g/mol. The van der Waals surface area contributed by atoms with E-state index in [1.165, 1.54) is 4.57 Å². The summed E-state index contributed by atoms with van der Waals surface area (Å²) in [4.78, 5) is 29.0. The van der Waals surface area contributed by atoms with Crippen molar-refractivity contribution in [2.24, 2.45) is 11.8 Å². The maximum Gasteiger partial charge on any atom is 0.330 e. The minimum Gasteiger partial charge on any atom is -0.491 e. The minimum absolute atomic E-state index is 0.0723. The predicted octanol–water partition coefficient (Wildman–Crippen LogP) is 1.99. The summed E-state index contributed by atoms with van der Waals surface area (Å²) in [6.45, 7) is 11.0. The van der Waals surface area contributed by atoms with Crippen LogP contribution >= 0.6 is 0 Å².